The molecule has 0 aromatic carbocycles. The van der Waals surface area contributed by atoms with Gasteiger partial charge < -0.3 is 5.11 Å². The van der Waals surface area contributed by atoms with Crippen LogP contribution in [0.5, 0.6) is 0 Å². The van der Waals surface area contributed by atoms with Crippen molar-refractivity contribution < 1.29 is 5.11 Å². The van der Waals surface area contributed by atoms with Crippen LogP contribution in [0.4, 0.5) is 0 Å². The molecule has 0 radical (unpaired) electrons. The van der Waals surface area contributed by atoms with Crippen molar-refractivity contribution in [2.75, 3.05) is 6.61 Å². The van der Waals surface area contributed by atoms with E-state index in [4.69, 9.17) is 5.11 Å². The van der Waals surface area contributed by atoms with Crippen LogP contribution in [0.2, 0.25) is 0 Å². The smallest absolute Gasteiger partial charge is 0.0431 e. The summed E-state index contributed by atoms with van der Waals surface area (Å²) >= 11 is 0. The van der Waals surface area contributed by atoms with E-state index in [0.717, 1.165) is 6.42 Å². The Morgan fingerprint density at radius 1 is 0.700 bits per heavy atom. The van der Waals surface area contributed by atoms with Gasteiger partial charge in [-0.3, -0.25) is 0 Å². The van der Waals surface area contributed by atoms with Crippen LogP contribution in [0.3, 0.4) is 0 Å². The lowest BCUT2D eigenvalue weighted by atomic mass is 9.99. The quantitative estimate of drug-likeness (QED) is 0.272. The maximum Gasteiger partial charge on any atom is 0.0431 e. The molecule has 0 aliphatic carbocycles. The van der Waals surface area contributed by atoms with E-state index in [0.29, 0.717) is 6.61 Å². The summed E-state index contributed by atoms with van der Waals surface area (Å²) in [6.07, 6.45) is 20.8. The topological polar surface area (TPSA) is 20.2 Å². The Bertz CT molecular complexity index is 208. The molecule has 0 unspecified atom stereocenters. The highest BCUT2D eigenvalue weighted by Gasteiger charge is 1.98. The van der Waals surface area contributed by atoms with Crippen molar-refractivity contribution in [2.45, 2.75) is 104 Å². The second-order valence-electron chi connectivity index (χ2n) is 6.06. The Balaban J connectivity index is 3.75. The third-order valence-corrected chi connectivity index (χ3v) is 4.00. The second-order valence-corrected chi connectivity index (χ2v) is 6.06. The van der Waals surface area contributed by atoms with Crippen LogP contribution in [0.1, 0.15) is 104 Å². The van der Waals surface area contributed by atoms with Gasteiger partial charge in [0.2, 0.25) is 0 Å². The monoisotopic (exact) mass is 282 g/mol. The summed E-state index contributed by atoms with van der Waals surface area (Å²) in [6, 6.07) is 0. The summed E-state index contributed by atoms with van der Waals surface area (Å²) in [5.74, 6) is 0. The largest absolute Gasteiger partial charge is 0.396 e. The first-order valence-electron chi connectivity index (χ1n) is 9.13. The number of unbranched alkanes of at least 4 members (excludes halogenated alkanes) is 9. The lowest BCUT2D eigenvalue weighted by molar-refractivity contribution is 0.282. The van der Waals surface area contributed by atoms with E-state index in [1.807, 2.05) is 0 Å². The van der Waals surface area contributed by atoms with Gasteiger partial charge in [0.05, 0.1) is 0 Å². The van der Waals surface area contributed by atoms with Crippen LogP contribution in [0.15, 0.2) is 11.6 Å². The maximum absolute atomic E-state index is 8.78. The van der Waals surface area contributed by atoms with E-state index in [1.165, 1.54) is 83.5 Å². The first-order valence-corrected chi connectivity index (χ1v) is 9.13. The summed E-state index contributed by atoms with van der Waals surface area (Å²) in [7, 11) is 0. The molecule has 0 rings (SSSR count). The number of aliphatic hydroxyl groups is 1. The average Bonchev–Trinajstić information content (AvgIpc) is 2.47. The van der Waals surface area contributed by atoms with Crippen molar-refractivity contribution in [1.29, 1.82) is 0 Å². The molecule has 0 aromatic rings. The van der Waals surface area contributed by atoms with E-state index >= 15 is 0 Å². The molecule has 0 amide bonds. The van der Waals surface area contributed by atoms with Gasteiger partial charge in [-0.15, -0.1) is 0 Å². The first-order chi connectivity index (χ1) is 9.85. The molecule has 0 spiro atoms. The van der Waals surface area contributed by atoms with E-state index in [9.17, 15) is 0 Å². The van der Waals surface area contributed by atoms with Crippen LogP contribution in [-0.2, 0) is 0 Å². The molecule has 0 saturated carbocycles. The molecule has 0 saturated heterocycles. The van der Waals surface area contributed by atoms with Crippen molar-refractivity contribution in [1.82, 2.24) is 0 Å². The minimum absolute atomic E-state index is 0.357. The van der Waals surface area contributed by atoms with Gasteiger partial charge in [0, 0.05) is 6.61 Å². The molecule has 1 N–H and O–H groups in total. The van der Waals surface area contributed by atoms with Gasteiger partial charge in [0.25, 0.3) is 0 Å². The van der Waals surface area contributed by atoms with Crippen molar-refractivity contribution in [2.24, 2.45) is 0 Å². The summed E-state index contributed by atoms with van der Waals surface area (Å²) in [6.45, 7) is 4.92. The Hall–Kier alpha value is -0.300. The maximum atomic E-state index is 8.78. The van der Waals surface area contributed by atoms with E-state index in [2.05, 4.69) is 19.9 Å². The highest BCUT2D eigenvalue weighted by Crippen LogP contribution is 2.18. The van der Waals surface area contributed by atoms with Crippen LogP contribution >= 0.6 is 0 Å². The van der Waals surface area contributed by atoms with Gasteiger partial charge in [-0.1, -0.05) is 70.4 Å². The van der Waals surface area contributed by atoms with Gasteiger partial charge in [-0.2, -0.15) is 0 Å². The number of aliphatic hydroxyl groups excluding tert-OH is 1. The zero-order chi connectivity index (χ0) is 14.9. The second kappa shape index (κ2) is 16.8. The molecule has 20 heavy (non-hydrogen) atoms. The van der Waals surface area contributed by atoms with E-state index < -0.39 is 0 Å². The standard InChI is InChI=1S/C19H38O/c1-3-5-7-8-9-12-16-19(15-6-4-2)17-13-10-11-14-18-20/h16,20H,3-15,17-18H2,1-2H3/b19-16+. The summed E-state index contributed by atoms with van der Waals surface area (Å²) < 4.78 is 0. The van der Waals surface area contributed by atoms with E-state index in [-0.39, 0.29) is 0 Å². The van der Waals surface area contributed by atoms with Crippen LogP contribution in [0.25, 0.3) is 0 Å². The molecular formula is C19H38O. The zero-order valence-corrected chi connectivity index (χ0v) is 14.1. The van der Waals surface area contributed by atoms with Crippen molar-refractivity contribution in [3.8, 4) is 0 Å². The fraction of sp³-hybridized carbons (Fsp3) is 0.895. The van der Waals surface area contributed by atoms with E-state index in [1.54, 1.807) is 5.57 Å². The highest BCUT2D eigenvalue weighted by atomic mass is 16.2. The molecule has 0 fully saturated rings. The predicted octanol–water partition coefficient (Wildman–Crippen LogP) is 6.41. The Morgan fingerprint density at radius 3 is 2.00 bits per heavy atom. The zero-order valence-electron chi connectivity index (χ0n) is 14.1. The lowest BCUT2D eigenvalue weighted by Gasteiger charge is -2.07. The molecule has 0 aromatic heterocycles. The minimum Gasteiger partial charge on any atom is -0.396 e. The van der Waals surface area contributed by atoms with Gasteiger partial charge in [-0.25, -0.2) is 0 Å². The molecular weight excluding hydrogens is 244 g/mol. The number of allylic oxidation sites excluding steroid dienone is 2. The molecule has 0 bridgehead atoms. The average molecular weight is 283 g/mol. The van der Waals surface area contributed by atoms with Gasteiger partial charge in [0.1, 0.15) is 0 Å². The van der Waals surface area contributed by atoms with Crippen LogP contribution in [0, 0.1) is 0 Å². The molecule has 120 valence electrons. The molecule has 1 nitrogen and oxygen atoms in total. The van der Waals surface area contributed by atoms with Crippen molar-refractivity contribution >= 4 is 0 Å². The minimum atomic E-state index is 0.357. The number of hydrogen-bond donors (Lipinski definition) is 1. The molecule has 1 heteroatoms. The van der Waals surface area contributed by atoms with Gasteiger partial charge >= 0.3 is 0 Å². The van der Waals surface area contributed by atoms with Gasteiger partial charge in [-0.05, 0) is 44.9 Å². The normalized spacial score (nSPS) is 12.1. The third kappa shape index (κ3) is 14.1. The summed E-state index contributed by atoms with van der Waals surface area (Å²) in [4.78, 5) is 0. The van der Waals surface area contributed by atoms with Crippen LogP contribution in [-0.4, -0.2) is 11.7 Å². The Labute approximate surface area is 127 Å². The predicted molar refractivity (Wildman–Crippen MR) is 91.2 cm³/mol. The molecule has 0 heterocycles. The van der Waals surface area contributed by atoms with Gasteiger partial charge in [0.15, 0.2) is 0 Å². The number of rotatable bonds is 15. The Morgan fingerprint density at radius 2 is 1.30 bits per heavy atom. The Kier molecular flexibility index (Phi) is 16.5. The highest BCUT2D eigenvalue weighted by molar-refractivity contribution is 5.01. The SMILES string of the molecule is CCCCCCC/C=C(\CCCC)CCCCCCO. The summed E-state index contributed by atoms with van der Waals surface area (Å²) in [5.41, 5.74) is 1.70. The first kappa shape index (κ1) is 19.7. The van der Waals surface area contributed by atoms with Crippen molar-refractivity contribution in [3.63, 3.8) is 0 Å². The molecule has 0 aliphatic rings. The fourth-order valence-electron chi connectivity index (χ4n) is 2.60. The fourth-order valence-corrected chi connectivity index (χ4v) is 2.60. The van der Waals surface area contributed by atoms with Crippen LogP contribution < -0.4 is 0 Å². The molecule has 0 aliphatic heterocycles. The molecule has 0 atom stereocenters. The number of hydrogen-bond acceptors (Lipinski definition) is 1. The van der Waals surface area contributed by atoms with Crippen molar-refractivity contribution in [3.05, 3.63) is 11.6 Å². The third-order valence-electron chi connectivity index (χ3n) is 4.00. The lowest BCUT2D eigenvalue weighted by Crippen LogP contribution is -1.88. The summed E-state index contributed by atoms with van der Waals surface area (Å²) in [5, 5.41) is 8.78.